The zero-order chi connectivity index (χ0) is 5.28. The van der Waals surface area contributed by atoms with Crippen LogP contribution < -0.4 is 0 Å². The van der Waals surface area contributed by atoms with Crippen LogP contribution in [0, 0.1) is 0 Å². The van der Waals surface area contributed by atoms with Gasteiger partial charge in [0, 0.05) is 0 Å². The second kappa shape index (κ2) is 2.24. The molecule has 1 aliphatic rings. The van der Waals surface area contributed by atoms with E-state index >= 15 is 0 Å². The number of carbonyl (C=O) groups excluding carboxylic acids is 1. The summed E-state index contributed by atoms with van der Waals surface area (Å²) >= 11 is -0.471. The molecule has 1 rings (SSSR count). The molecule has 36 valence electrons. The second-order valence-electron chi connectivity index (χ2n) is 1.22. The van der Waals surface area contributed by atoms with Gasteiger partial charge in [-0.15, -0.1) is 0 Å². The summed E-state index contributed by atoms with van der Waals surface area (Å²) in [6.07, 6.45) is 0.985. The fourth-order valence-electron chi connectivity index (χ4n) is 0.312. The molecule has 1 atom stereocenters. The Morgan fingerprint density at radius 3 is 2.57 bits per heavy atom. The molecule has 0 saturated carbocycles. The van der Waals surface area contributed by atoms with Gasteiger partial charge in [-0.25, -0.2) is 0 Å². The van der Waals surface area contributed by atoms with E-state index in [1.165, 1.54) is 0 Å². The van der Waals surface area contributed by atoms with Gasteiger partial charge in [0.1, 0.15) is 0 Å². The Morgan fingerprint density at radius 2 is 2.57 bits per heavy atom. The van der Waals surface area contributed by atoms with Gasteiger partial charge in [-0.2, -0.15) is 0 Å². The van der Waals surface area contributed by atoms with Crippen LogP contribution in [0.2, 0.25) is 0 Å². The van der Waals surface area contributed by atoms with Crippen molar-refractivity contribution in [2.24, 2.45) is 0 Å². The Balaban J connectivity index is 2.63. The standard InChI is InChI=1S/C4H4OP.Bi/c1-4(6)2-3-5;/h1,3H,6H2;. The first-order chi connectivity index (χ1) is 3.34. The first-order valence-electron chi connectivity index (χ1n) is 1.83. The van der Waals surface area contributed by atoms with Crippen LogP contribution in [0.3, 0.4) is 0 Å². The van der Waals surface area contributed by atoms with E-state index in [4.69, 9.17) is 0 Å². The van der Waals surface area contributed by atoms with Crippen molar-refractivity contribution in [1.29, 1.82) is 0 Å². The molecule has 7 heavy (non-hydrogen) atoms. The van der Waals surface area contributed by atoms with Crippen molar-refractivity contribution < 1.29 is 4.79 Å². The van der Waals surface area contributed by atoms with E-state index < -0.39 is 22.8 Å². The Labute approximate surface area is 55.4 Å². The number of allylic oxidation sites excluding steroid dienone is 1. The van der Waals surface area contributed by atoms with Crippen LogP contribution in [0.15, 0.2) is 9.10 Å². The van der Waals surface area contributed by atoms with Crippen molar-refractivity contribution in [3.8, 4) is 0 Å². The monoisotopic (exact) mass is 308 g/mol. The SMILES string of the molecule is O=C[C]1=[Bi][CH]=C1P. The van der Waals surface area contributed by atoms with E-state index in [9.17, 15) is 4.79 Å². The third-order valence-electron chi connectivity index (χ3n) is 0.750. The van der Waals surface area contributed by atoms with Crippen LogP contribution in [0.5, 0.6) is 0 Å². The summed E-state index contributed by atoms with van der Waals surface area (Å²) in [6, 6.07) is 0. The Hall–Kier alpha value is 0.593. The predicted molar refractivity (Wildman–Crippen MR) is 34.6 cm³/mol. The minimum atomic E-state index is -0.471. The molecule has 0 spiro atoms. The van der Waals surface area contributed by atoms with E-state index in [1.54, 1.807) is 0 Å². The molecule has 0 aromatic carbocycles. The first-order valence-corrected chi connectivity index (χ1v) is 6.16. The van der Waals surface area contributed by atoms with Crippen LogP contribution >= 0.6 is 9.24 Å². The van der Waals surface area contributed by atoms with Crippen molar-refractivity contribution in [2.75, 3.05) is 0 Å². The summed E-state index contributed by atoms with van der Waals surface area (Å²) in [5.41, 5.74) is 0. The molecule has 3 heteroatoms. The fraction of sp³-hybridized carbons (Fsp3) is 0. The van der Waals surface area contributed by atoms with Crippen LogP contribution in [0.4, 0.5) is 0 Å². The number of rotatable bonds is 1. The summed E-state index contributed by atoms with van der Waals surface area (Å²) in [5.74, 6) is 0. The Bertz CT molecular complexity index is 159. The number of hydrogen-bond acceptors (Lipinski definition) is 1. The summed E-state index contributed by atoms with van der Waals surface area (Å²) in [7, 11) is 2.54. The molecule has 0 radical (unpaired) electrons. The molecule has 1 unspecified atom stereocenters. The van der Waals surface area contributed by atoms with Crippen LogP contribution in [-0.2, 0) is 4.79 Å². The topological polar surface area (TPSA) is 17.1 Å². The minimum absolute atomic E-state index is 0.471. The second-order valence-corrected chi connectivity index (χ2v) is 5.72. The first kappa shape index (κ1) is 5.72. The van der Waals surface area contributed by atoms with E-state index in [2.05, 4.69) is 13.0 Å². The molecule has 1 heterocycles. The molecule has 1 aliphatic heterocycles. The molecular weight excluding hydrogens is 304 g/mol. The molecular formula is C4H4BiOP. The number of hydrogen-bond donors (Lipinski definition) is 0. The third-order valence-corrected chi connectivity index (χ3v) is 7.44. The van der Waals surface area contributed by atoms with Gasteiger partial charge >= 0.3 is 55.4 Å². The molecule has 0 aromatic heterocycles. The molecule has 0 amide bonds. The van der Waals surface area contributed by atoms with Gasteiger partial charge in [-0.3, -0.25) is 0 Å². The van der Waals surface area contributed by atoms with E-state index in [0.29, 0.717) is 0 Å². The predicted octanol–water partition coefficient (Wildman–Crippen LogP) is -0.208. The van der Waals surface area contributed by atoms with Crippen LogP contribution in [-0.4, -0.2) is 32.2 Å². The third kappa shape index (κ3) is 1.03. The van der Waals surface area contributed by atoms with Gasteiger partial charge in [0.05, 0.1) is 0 Å². The maximum absolute atomic E-state index is 9.95. The average molecular weight is 308 g/mol. The normalized spacial score (nSPS) is 16.7. The molecule has 0 aromatic rings. The summed E-state index contributed by atoms with van der Waals surface area (Å²) < 4.78 is 3.29. The van der Waals surface area contributed by atoms with Crippen molar-refractivity contribution >= 4 is 41.5 Å². The zero-order valence-corrected chi connectivity index (χ0v) is 8.22. The molecule has 0 fully saturated rings. The number of carbonyl (C=O) groups is 1. The average Bonchev–Trinajstić information content (AvgIpc) is 1.65. The fourth-order valence-corrected chi connectivity index (χ4v) is 3.59. The molecule has 0 N–H and O–H groups in total. The Kier molecular flexibility index (Phi) is 1.83. The maximum atomic E-state index is 9.95. The van der Waals surface area contributed by atoms with Crippen molar-refractivity contribution in [3.05, 3.63) is 9.10 Å². The van der Waals surface area contributed by atoms with Crippen LogP contribution in [0.25, 0.3) is 0 Å². The van der Waals surface area contributed by atoms with E-state index in [0.717, 1.165) is 14.8 Å². The summed E-state index contributed by atoms with van der Waals surface area (Å²) in [6.45, 7) is 0. The number of aldehydes is 1. The molecule has 0 aliphatic carbocycles. The summed E-state index contributed by atoms with van der Waals surface area (Å²) in [5, 5.41) is 1.15. The van der Waals surface area contributed by atoms with Crippen molar-refractivity contribution in [2.45, 2.75) is 0 Å². The Morgan fingerprint density at radius 1 is 1.86 bits per heavy atom. The van der Waals surface area contributed by atoms with E-state index in [-0.39, 0.29) is 0 Å². The van der Waals surface area contributed by atoms with Crippen molar-refractivity contribution in [1.82, 2.24) is 0 Å². The molecule has 0 saturated heterocycles. The van der Waals surface area contributed by atoms with Crippen LogP contribution in [0.1, 0.15) is 0 Å². The van der Waals surface area contributed by atoms with E-state index in [1.807, 2.05) is 0 Å². The van der Waals surface area contributed by atoms with Gasteiger partial charge in [-0.05, 0) is 0 Å². The van der Waals surface area contributed by atoms with Gasteiger partial charge in [-0.1, -0.05) is 0 Å². The van der Waals surface area contributed by atoms with Gasteiger partial charge in [0.25, 0.3) is 0 Å². The van der Waals surface area contributed by atoms with Gasteiger partial charge in [0.2, 0.25) is 0 Å². The summed E-state index contributed by atoms with van der Waals surface area (Å²) in [4.78, 5) is 9.95. The molecule has 0 bridgehead atoms. The van der Waals surface area contributed by atoms with Crippen molar-refractivity contribution in [3.63, 3.8) is 0 Å². The van der Waals surface area contributed by atoms with Gasteiger partial charge in [0.15, 0.2) is 0 Å². The van der Waals surface area contributed by atoms with Gasteiger partial charge < -0.3 is 0 Å². The zero-order valence-electron chi connectivity index (χ0n) is 3.59. The molecule has 1 nitrogen and oxygen atoms in total. The quantitative estimate of drug-likeness (QED) is 0.372.